The van der Waals surface area contributed by atoms with Crippen molar-refractivity contribution >= 4 is 27.5 Å². The van der Waals surface area contributed by atoms with E-state index in [1.54, 1.807) is 0 Å². The van der Waals surface area contributed by atoms with Gasteiger partial charge in [0.2, 0.25) is 5.91 Å². The number of halogens is 1. The molecule has 110 valence electrons. The Labute approximate surface area is 128 Å². The number of hydrogen-bond acceptors (Lipinski definition) is 3. The molecule has 20 heavy (non-hydrogen) atoms. The fraction of sp³-hybridized carbons (Fsp3) is 0.533. The molecule has 1 atom stereocenters. The van der Waals surface area contributed by atoms with Crippen molar-refractivity contribution in [3.8, 4) is 0 Å². The van der Waals surface area contributed by atoms with E-state index in [9.17, 15) is 4.79 Å². The maximum absolute atomic E-state index is 12.2. The summed E-state index contributed by atoms with van der Waals surface area (Å²) >= 11 is 3.44. The average molecular weight is 340 g/mol. The van der Waals surface area contributed by atoms with E-state index >= 15 is 0 Å². The Morgan fingerprint density at radius 2 is 2.10 bits per heavy atom. The molecule has 0 aromatic heterocycles. The number of rotatable bonds is 5. The zero-order valence-electron chi connectivity index (χ0n) is 11.6. The number of piperidine rings is 1. The molecule has 1 aliphatic rings. The third-order valence-electron chi connectivity index (χ3n) is 3.61. The van der Waals surface area contributed by atoms with Crippen LogP contribution in [0.3, 0.4) is 0 Å². The van der Waals surface area contributed by atoms with E-state index in [4.69, 9.17) is 5.73 Å². The van der Waals surface area contributed by atoms with Crippen LogP contribution in [0.25, 0.3) is 0 Å². The molecule has 1 heterocycles. The van der Waals surface area contributed by atoms with E-state index in [1.807, 2.05) is 29.2 Å². The summed E-state index contributed by atoms with van der Waals surface area (Å²) in [5, 5.41) is 3.34. The zero-order valence-corrected chi connectivity index (χ0v) is 13.2. The van der Waals surface area contributed by atoms with Gasteiger partial charge in [-0.3, -0.25) is 4.79 Å². The number of carbonyl (C=O) groups excluding carboxylic acids is 1. The van der Waals surface area contributed by atoms with Crippen molar-refractivity contribution in [1.82, 2.24) is 4.90 Å². The van der Waals surface area contributed by atoms with E-state index in [1.165, 1.54) is 6.42 Å². The van der Waals surface area contributed by atoms with Crippen molar-refractivity contribution < 1.29 is 4.79 Å². The van der Waals surface area contributed by atoms with E-state index in [2.05, 4.69) is 21.2 Å². The highest BCUT2D eigenvalue weighted by Crippen LogP contribution is 2.17. The smallest absolute Gasteiger partial charge is 0.224 e. The van der Waals surface area contributed by atoms with Gasteiger partial charge in [-0.05, 0) is 37.5 Å². The normalized spacial score (nSPS) is 16.8. The molecule has 0 saturated carbocycles. The highest BCUT2D eigenvalue weighted by Gasteiger charge is 2.20. The lowest BCUT2D eigenvalue weighted by atomic mass is 10.1. The van der Waals surface area contributed by atoms with Crippen molar-refractivity contribution in [2.75, 3.05) is 25.0 Å². The van der Waals surface area contributed by atoms with Gasteiger partial charge in [0.1, 0.15) is 0 Å². The number of nitrogens with two attached hydrogens (primary N) is 1. The molecule has 4 nitrogen and oxygen atoms in total. The standard InChI is InChI=1S/C15H22BrN3O/c16-12-5-4-6-13(9-12)18-14(11-17)10-15(20)19-7-2-1-3-8-19/h4-6,9,14,18H,1-3,7-8,10-11,17H2. The molecule has 1 unspecified atom stereocenters. The summed E-state index contributed by atoms with van der Waals surface area (Å²) < 4.78 is 1.01. The van der Waals surface area contributed by atoms with Crippen LogP contribution in [0.4, 0.5) is 5.69 Å². The number of nitrogens with one attached hydrogen (secondary N) is 1. The average Bonchev–Trinajstić information content (AvgIpc) is 2.47. The largest absolute Gasteiger partial charge is 0.380 e. The van der Waals surface area contributed by atoms with Gasteiger partial charge in [0.25, 0.3) is 0 Å². The minimum absolute atomic E-state index is 0.0151. The minimum atomic E-state index is -0.0151. The van der Waals surface area contributed by atoms with Gasteiger partial charge in [-0.25, -0.2) is 0 Å². The lowest BCUT2D eigenvalue weighted by Gasteiger charge is -2.28. The van der Waals surface area contributed by atoms with Gasteiger partial charge in [-0.15, -0.1) is 0 Å². The molecule has 0 bridgehead atoms. The number of hydrogen-bond donors (Lipinski definition) is 2. The molecule has 3 N–H and O–H groups in total. The van der Waals surface area contributed by atoms with Crippen LogP contribution in [-0.4, -0.2) is 36.5 Å². The Kier molecular flexibility index (Phi) is 5.86. The molecule has 1 aromatic rings. The fourth-order valence-electron chi connectivity index (χ4n) is 2.49. The second-order valence-electron chi connectivity index (χ2n) is 5.23. The first kappa shape index (κ1) is 15.3. The first-order chi connectivity index (χ1) is 9.69. The lowest BCUT2D eigenvalue weighted by Crippen LogP contribution is -2.40. The van der Waals surface area contributed by atoms with E-state index < -0.39 is 0 Å². The maximum Gasteiger partial charge on any atom is 0.224 e. The number of anilines is 1. The summed E-state index contributed by atoms with van der Waals surface area (Å²) in [5.41, 5.74) is 6.78. The third kappa shape index (κ3) is 4.49. The second-order valence-corrected chi connectivity index (χ2v) is 6.15. The van der Waals surface area contributed by atoms with Gasteiger partial charge < -0.3 is 16.0 Å². The number of nitrogens with zero attached hydrogens (tertiary/aromatic N) is 1. The highest BCUT2D eigenvalue weighted by atomic mass is 79.9. The van der Waals surface area contributed by atoms with E-state index in [-0.39, 0.29) is 11.9 Å². The van der Waals surface area contributed by atoms with Gasteiger partial charge in [-0.1, -0.05) is 22.0 Å². The second kappa shape index (κ2) is 7.64. The molecule has 2 rings (SSSR count). The summed E-state index contributed by atoms with van der Waals surface area (Å²) in [7, 11) is 0. The van der Waals surface area contributed by atoms with Crippen LogP contribution in [0.2, 0.25) is 0 Å². The molecule has 0 radical (unpaired) electrons. The van der Waals surface area contributed by atoms with Gasteiger partial charge in [0.15, 0.2) is 0 Å². The van der Waals surface area contributed by atoms with Gasteiger partial charge in [0.05, 0.1) is 0 Å². The third-order valence-corrected chi connectivity index (χ3v) is 4.10. The highest BCUT2D eigenvalue weighted by molar-refractivity contribution is 9.10. The van der Waals surface area contributed by atoms with Gasteiger partial charge in [-0.2, -0.15) is 0 Å². The zero-order chi connectivity index (χ0) is 14.4. The van der Waals surface area contributed by atoms with Crippen molar-refractivity contribution in [3.05, 3.63) is 28.7 Å². The van der Waals surface area contributed by atoms with Gasteiger partial charge in [0, 0.05) is 42.3 Å². The predicted octanol–water partition coefficient (Wildman–Crippen LogP) is 2.59. The molecule has 0 aliphatic carbocycles. The molecule has 5 heteroatoms. The number of likely N-dealkylation sites (tertiary alicyclic amines) is 1. The summed E-state index contributed by atoms with van der Waals surface area (Å²) in [6.45, 7) is 2.24. The fourth-order valence-corrected chi connectivity index (χ4v) is 2.89. The topological polar surface area (TPSA) is 58.4 Å². The van der Waals surface area contributed by atoms with Crippen molar-refractivity contribution in [2.45, 2.75) is 31.7 Å². The number of benzene rings is 1. The van der Waals surface area contributed by atoms with Crippen LogP contribution in [-0.2, 0) is 4.79 Å². The monoisotopic (exact) mass is 339 g/mol. The van der Waals surface area contributed by atoms with Gasteiger partial charge >= 0.3 is 0 Å². The first-order valence-electron chi connectivity index (χ1n) is 7.19. The van der Waals surface area contributed by atoms with E-state index in [0.29, 0.717) is 13.0 Å². The molecule has 1 aliphatic heterocycles. The van der Waals surface area contributed by atoms with Crippen LogP contribution in [0.1, 0.15) is 25.7 Å². The lowest BCUT2D eigenvalue weighted by molar-refractivity contribution is -0.132. The molecular weight excluding hydrogens is 318 g/mol. The Morgan fingerprint density at radius 1 is 1.35 bits per heavy atom. The number of carbonyl (C=O) groups is 1. The molecule has 1 amide bonds. The maximum atomic E-state index is 12.2. The molecule has 1 fully saturated rings. The van der Waals surface area contributed by atoms with Crippen LogP contribution in [0.5, 0.6) is 0 Å². The Bertz CT molecular complexity index is 446. The quantitative estimate of drug-likeness (QED) is 0.866. The first-order valence-corrected chi connectivity index (χ1v) is 7.98. The van der Waals surface area contributed by atoms with Crippen LogP contribution in [0, 0.1) is 0 Å². The number of amides is 1. The summed E-state index contributed by atoms with van der Waals surface area (Å²) in [4.78, 5) is 14.2. The van der Waals surface area contributed by atoms with Crippen LogP contribution in [0.15, 0.2) is 28.7 Å². The SMILES string of the molecule is NCC(CC(=O)N1CCCCC1)Nc1cccc(Br)c1. The van der Waals surface area contributed by atoms with Crippen LogP contribution >= 0.6 is 15.9 Å². The summed E-state index contributed by atoms with van der Waals surface area (Å²) in [5.74, 6) is 0.211. The summed E-state index contributed by atoms with van der Waals surface area (Å²) in [6, 6.07) is 7.90. The predicted molar refractivity (Wildman–Crippen MR) is 85.7 cm³/mol. The van der Waals surface area contributed by atoms with Crippen molar-refractivity contribution in [1.29, 1.82) is 0 Å². The molecule has 1 aromatic carbocycles. The minimum Gasteiger partial charge on any atom is -0.380 e. The van der Waals surface area contributed by atoms with Crippen molar-refractivity contribution in [3.63, 3.8) is 0 Å². The summed E-state index contributed by atoms with van der Waals surface area (Å²) in [6.07, 6.45) is 3.94. The Balaban J connectivity index is 1.89. The molecule has 1 saturated heterocycles. The molecule has 0 spiro atoms. The Morgan fingerprint density at radius 3 is 2.75 bits per heavy atom. The Hall–Kier alpha value is -1.07. The van der Waals surface area contributed by atoms with E-state index in [0.717, 1.165) is 36.1 Å². The van der Waals surface area contributed by atoms with Crippen molar-refractivity contribution in [2.24, 2.45) is 5.73 Å². The molecular formula is C15H22BrN3O. The van der Waals surface area contributed by atoms with Crippen LogP contribution < -0.4 is 11.1 Å².